The molecule has 0 aliphatic carbocycles. The lowest BCUT2D eigenvalue weighted by molar-refractivity contribution is 0.0745. The summed E-state index contributed by atoms with van der Waals surface area (Å²) in [5, 5.41) is 7.19. The smallest absolute Gasteiger partial charge is 0.272 e. The van der Waals surface area contributed by atoms with E-state index in [2.05, 4.69) is 10.4 Å². The second-order valence-corrected chi connectivity index (χ2v) is 7.52. The Balaban J connectivity index is 1.46. The van der Waals surface area contributed by atoms with Crippen LogP contribution in [-0.2, 0) is 19.6 Å². The van der Waals surface area contributed by atoms with Crippen LogP contribution >= 0.6 is 0 Å². The third kappa shape index (κ3) is 4.40. The van der Waals surface area contributed by atoms with Crippen molar-refractivity contribution in [2.24, 2.45) is 0 Å². The first kappa shape index (κ1) is 19.8. The van der Waals surface area contributed by atoms with Gasteiger partial charge >= 0.3 is 0 Å². The number of hydrogen-bond donors (Lipinski definition) is 1. The number of aryl methyl sites for hydroxylation is 2. The average molecular weight is 406 g/mol. The molecule has 7 heteroatoms. The number of carbonyl (C=O) groups is 2. The fraction of sp³-hybridized carbons (Fsp3) is 0.261. The van der Waals surface area contributed by atoms with E-state index in [1.165, 1.54) is 18.2 Å². The molecule has 1 aromatic heterocycles. The zero-order valence-corrected chi connectivity index (χ0v) is 16.8. The standard InChI is InChI=1S/C23H23FN4O2/c1-16-6-8-17(9-7-16)14-25-22(29)20-13-21-23(30)27(10-3-11-28(21)26-20)15-18-4-2-5-19(24)12-18/h2,4-9,12-13H,3,10-11,14-15H2,1H3,(H,25,29). The molecule has 0 saturated heterocycles. The molecule has 0 atom stereocenters. The monoisotopic (exact) mass is 406 g/mol. The van der Waals surface area contributed by atoms with Crippen molar-refractivity contribution in [2.75, 3.05) is 6.54 Å². The highest BCUT2D eigenvalue weighted by Gasteiger charge is 2.26. The Labute approximate surface area is 174 Å². The third-order valence-electron chi connectivity index (χ3n) is 5.15. The first-order valence-corrected chi connectivity index (χ1v) is 9.95. The Kier molecular flexibility index (Phi) is 5.61. The topological polar surface area (TPSA) is 67.2 Å². The maximum atomic E-state index is 13.5. The van der Waals surface area contributed by atoms with Gasteiger partial charge in [0.2, 0.25) is 0 Å². The van der Waals surface area contributed by atoms with Crippen molar-refractivity contribution in [1.82, 2.24) is 20.0 Å². The van der Waals surface area contributed by atoms with Crippen LogP contribution in [0.3, 0.4) is 0 Å². The zero-order chi connectivity index (χ0) is 21.1. The summed E-state index contributed by atoms with van der Waals surface area (Å²) in [6, 6.07) is 15.7. The highest BCUT2D eigenvalue weighted by atomic mass is 19.1. The first-order chi connectivity index (χ1) is 14.5. The Morgan fingerprint density at radius 1 is 1.10 bits per heavy atom. The maximum absolute atomic E-state index is 13.5. The van der Waals surface area contributed by atoms with E-state index in [1.807, 2.05) is 31.2 Å². The molecule has 2 heterocycles. The van der Waals surface area contributed by atoms with Gasteiger partial charge < -0.3 is 10.2 Å². The van der Waals surface area contributed by atoms with Crippen molar-refractivity contribution in [1.29, 1.82) is 0 Å². The van der Waals surface area contributed by atoms with Gasteiger partial charge in [-0.25, -0.2) is 4.39 Å². The van der Waals surface area contributed by atoms with E-state index in [0.29, 0.717) is 38.3 Å². The van der Waals surface area contributed by atoms with Gasteiger partial charge in [0.15, 0.2) is 5.69 Å². The number of carbonyl (C=O) groups excluding carboxylic acids is 2. The number of halogens is 1. The minimum absolute atomic E-state index is 0.207. The number of amides is 2. The molecular weight excluding hydrogens is 383 g/mol. The van der Waals surface area contributed by atoms with Crippen LogP contribution in [0, 0.1) is 12.7 Å². The summed E-state index contributed by atoms with van der Waals surface area (Å²) in [4.78, 5) is 27.2. The second kappa shape index (κ2) is 8.49. The van der Waals surface area contributed by atoms with Gasteiger partial charge in [-0.3, -0.25) is 14.3 Å². The molecule has 1 aliphatic heterocycles. The summed E-state index contributed by atoms with van der Waals surface area (Å²) in [5.74, 6) is -0.852. The number of hydrogen-bond acceptors (Lipinski definition) is 3. The van der Waals surface area contributed by atoms with Gasteiger partial charge in [-0.05, 0) is 36.6 Å². The van der Waals surface area contributed by atoms with Crippen molar-refractivity contribution >= 4 is 11.8 Å². The van der Waals surface area contributed by atoms with E-state index < -0.39 is 0 Å². The number of nitrogens with zero attached hydrogens (tertiary/aromatic N) is 3. The Morgan fingerprint density at radius 3 is 2.67 bits per heavy atom. The lowest BCUT2D eigenvalue weighted by atomic mass is 10.1. The minimum atomic E-state index is -0.327. The molecule has 0 radical (unpaired) electrons. The first-order valence-electron chi connectivity index (χ1n) is 9.95. The third-order valence-corrected chi connectivity index (χ3v) is 5.15. The van der Waals surface area contributed by atoms with E-state index in [9.17, 15) is 14.0 Å². The molecule has 3 aromatic rings. The van der Waals surface area contributed by atoms with Crippen LogP contribution < -0.4 is 5.32 Å². The van der Waals surface area contributed by atoms with E-state index in [1.54, 1.807) is 21.7 Å². The van der Waals surface area contributed by atoms with Crippen LogP contribution in [-0.4, -0.2) is 33.0 Å². The predicted octanol–water partition coefficient (Wildman–Crippen LogP) is 3.31. The van der Waals surface area contributed by atoms with Crippen LogP contribution in [0.2, 0.25) is 0 Å². The summed E-state index contributed by atoms with van der Waals surface area (Å²) in [6.07, 6.45) is 0.708. The molecule has 6 nitrogen and oxygen atoms in total. The van der Waals surface area contributed by atoms with Gasteiger partial charge in [0, 0.05) is 32.2 Å². The molecule has 154 valence electrons. The van der Waals surface area contributed by atoms with Crippen molar-refractivity contribution in [3.05, 3.63) is 88.5 Å². The molecule has 1 N–H and O–H groups in total. The summed E-state index contributed by atoms with van der Waals surface area (Å²) in [6.45, 7) is 3.81. The zero-order valence-electron chi connectivity index (χ0n) is 16.8. The number of aromatic nitrogens is 2. The molecule has 0 saturated carbocycles. The summed E-state index contributed by atoms with van der Waals surface area (Å²) >= 11 is 0. The van der Waals surface area contributed by atoms with E-state index in [0.717, 1.165) is 16.7 Å². The number of nitrogens with one attached hydrogen (secondary N) is 1. The summed E-state index contributed by atoms with van der Waals surface area (Å²) in [7, 11) is 0. The molecule has 0 unspecified atom stereocenters. The van der Waals surface area contributed by atoms with Crippen molar-refractivity contribution in [3.8, 4) is 0 Å². The Morgan fingerprint density at radius 2 is 1.90 bits per heavy atom. The molecular formula is C23H23FN4O2. The normalized spacial score (nSPS) is 13.7. The quantitative estimate of drug-likeness (QED) is 0.707. The minimum Gasteiger partial charge on any atom is -0.347 e. The van der Waals surface area contributed by atoms with Crippen LogP contribution in [0.25, 0.3) is 0 Å². The molecule has 30 heavy (non-hydrogen) atoms. The number of rotatable bonds is 5. The molecule has 1 aliphatic rings. The van der Waals surface area contributed by atoms with Crippen LogP contribution in [0.4, 0.5) is 4.39 Å². The molecule has 0 fully saturated rings. The predicted molar refractivity (Wildman–Crippen MR) is 110 cm³/mol. The van der Waals surface area contributed by atoms with Crippen LogP contribution in [0.5, 0.6) is 0 Å². The van der Waals surface area contributed by atoms with Gasteiger partial charge in [-0.1, -0.05) is 42.0 Å². The van der Waals surface area contributed by atoms with E-state index in [4.69, 9.17) is 0 Å². The maximum Gasteiger partial charge on any atom is 0.272 e. The molecule has 2 aromatic carbocycles. The lowest BCUT2D eigenvalue weighted by Crippen LogP contribution is -2.30. The van der Waals surface area contributed by atoms with E-state index >= 15 is 0 Å². The lowest BCUT2D eigenvalue weighted by Gasteiger charge is -2.20. The van der Waals surface area contributed by atoms with Gasteiger partial charge in [-0.2, -0.15) is 5.10 Å². The van der Waals surface area contributed by atoms with Gasteiger partial charge in [0.1, 0.15) is 11.5 Å². The second-order valence-electron chi connectivity index (χ2n) is 7.52. The fourth-order valence-electron chi connectivity index (χ4n) is 3.53. The summed E-state index contributed by atoms with van der Waals surface area (Å²) < 4.78 is 15.1. The SMILES string of the molecule is Cc1ccc(CNC(=O)c2cc3n(n2)CCCN(Cc2cccc(F)c2)C3=O)cc1. The molecule has 4 rings (SSSR count). The van der Waals surface area contributed by atoms with Gasteiger partial charge in [0.05, 0.1) is 0 Å². The van der Waals surface area contributed by atoms with Crippen LogP contribution in [0.15, 0.2) is 54.6 Å². The van der Waals surface area contributed by atoms with Crippen molar-refractivity contribution < 1.29 is 14.0 Å². The average Bonchev–Trinajstić information content (AvgIpc) is 3.10. The number of benzene rings is 2. The molecule has 0 bridgehead atoms. The van der Waals surface area contributed by atoms with Gasteiger partial charge in [0.25, 0.3) is 11.8 Å². The highest BCUT2D eigenvalue weighted by molar-refractivity contribution is 5.98. The van der Waals surface area contributed by atoms with Crippen molar-refractivity contribution in [2.45, 2.75) is 33.0 Å². The summed E-state index contributed by atoms with van der Waals surface area (Å²) in [5.41, 5.74) is 3.48. The largest absolute Gasteiger partial charge is 0.347 e. The van der Waals surface area contributed by atoms with Gasteiger partial charge in [-0.15, -0.1) is 0 Å². The fourth-order valence-corrected chi connectivity index (χ4v) is 3.53. The van der Waals surface area contributed by atoms with Crippen molar-refractivity contribution in [3.63, 3.8) is 0 Å². The van der Waals surface area contributed by atoms with E-state index in [-0.39, 0.29) is 23.3 Å². The highest BCUT2D eigenvalue weighted by Crippen LogP contribution is 2.17. The van der Waals surface area contributed by atoms with Crippen LogP contribution in [0.1, 0.15) is 44.1 Å². The Hall–Kier alpha value is -3.48. The number of fused-ring (bicyclic) bond motifs is 1. The Bertz CT molecular complexity index is 1080. The molecule has 0 spiro atoms. The molecule has 2 amide bonds.